The fourth-order valence-corrected chi connectivity index (χ4v) is 2.55. The van der Waals surface area contributed by atoms with Crippen LogP contribution in [0.25, 0.3) is 11.3 Å². The van der Waals surface area contributed by atoms with E-state index in [0.717, 1.165) is 22.0 Å². The van der Waals surface area contributed by atoms with Crippen molar-refractivity contribution in [3.63, 3.8) is 0 Å². The van der Waals surface area contributed by atoms with Crippen molar-refractivity contribution in [3.05, 3.63) is 46.9 Å². The summed E-state index contributed by atoms with van der Waals surface area (Å²) in [5, 5.41) is 3.14. The summed E-state index contributed by atoms with van der Waals surface area (Å²) in [6, 6.07) is 3.77. The van der Waals surface area contributed by atoms with Crippen LogP contribution in [0, 0.1) is 6.92 Å². The molecule has 6 heteroatoms. The number of hydrogen-bond acceptors (Lipinski definition) is 5. The Hall–Kier alpha value is -2.21. The Labute approximate surface area is 114 Å². The van der Waals surface area contributed by atoms with Crippen LogP contribution >= 0.6 is 11.3 Å². The molecule has 0 fully saturated rings. The van der Waals surface area contributed by atoms with E-state index in [0.29, 0.717) is 12.4 Å². The number of nitrogens with zero attached hydrogens (tertiary/aromatic N) is 4. The summed E-state index contributed by atoms with van der Waals surface area (Å²) in [5.74, 6) is 0.509. The molecule has 0 atom stereocenters. The maximum atomic E-state index is 5.72. The van der Waals surface area contributed by atoms with Crippen molar-refractivity contribution in [3.8, 4) is 11.3 Å². The first-order valence-corrected chi connectivity index (χ1v) is 6.73. The van der Waals surface area contributed by atoms with Crippen molar-refractivity contribution in [2.24, 2.45) is 0 Å². The lowest BCUT2D eigenvalue weighted by Gasteiger charge is -2.06. The molecular formula is C13H13N5S. The Bertz CT molecular complexity index is 700. The van der Waals surface area contributed by atoms with E-state index in [4.69, 9.17) is 5.73 Å². The van der Waals surface area contributed by atoms with Crippen LogP contribution in [0.2, 0.25) is 0 Å². The molecule has 96 valence electrons. The number of thiazole rings is 1. The van der Waals surface area contributed by atoms with Crippen LogP contribution < -0.4 is 5.73 Å². The number of nitrogens with two attached hydrogens (primary N) is 1. The number of anilines is 1. The number of rotatable bonds is 3. The summed E-state index contributed by atoms with van der Waals surface area (Å²) in [7, 11) is 0. The molecule has 5 nitrogen and oxygen atoms in total. The molecule has 0 saturated carbocycles. The van der Waals surface area contributed by atoms with Gasteiger partial charge in [0.05, 0.1) is 35.5 Å². The molecule has 0 aromatic carbocycles. The van der Waals surface area contributed by atoms with E-state index in [9.17, 15) is 0 Å². The highest BCUT2D eigenvalue weighted by atomic mass is 32.1. The molecule has 0 bridgehead atoms. The van der Waals surface area contributed by atoms with Crippen LogP contribution in [0.5, 0.6) is 0 Å². The van der Waals surface area contributed by atoms with Gasteiger partial charge in [0.1, 0.15) is 5.82 Å². The Morgan fingerprint density at radius 2 is 2.32 bits per heavy atom. The first kappa shape index (κ1) is 11.9. The summed E-state index contributed by atoms with van der Waals surface area (Å²) in [4.78, 5) is 12.7. The smallest absolute Gasteiger partial charge is 0.123 e. The van der Waals surface area contributed by atoms with Gasteiger partial charge >= 0.3 is 0 Å². The lowest BCUT2D eigenvalue weighted by atomic mass is 10.2. The van der Waals surface area contributed by atoms with Crippen molar-refractivity contribution in [2.75, 3.05) is 5.73 Å². The molecule has 0 aliphatic carbocycles. The Morgan fingerprint density at radius 1 is 1.42 bits per heavy atom. The number of imidazole rings is 1. The minimum atomic E-state index is 0.509. The van der Waals surface area contributed by atoms with Gasteiger partial charge in [0.15, 0.2) is 0 Å². The fourth-order valence-electron chi connectivity index (χ4n) is 1.95. The molecule has 0 saturated heterocycles. The van der Waals surface area contributed by atoms with Crippen LogP contribution in [0.1, 0.15) is 10.7 Å². The minimum absolute atomic E-state index is 0.509. The van der Waals surface area contributed by atoms with Crippen LogP contribution in [-0.2, 0) is 6.54 Å². The van der Waals surface area contributed by atoms with E-state index in [1.807, 2.05) is 25.3 Å². The topological polar surface area (TPSA) is 69.6 Å². The standard InChI is InChI=1S/C13H13N5S/c1-9-17-11(7-19-9)6-18-8-15-5-12(18)10-2-3-16-13(14)4-10/h2-5,7-8H,6H2,1H3,(H2,14,16). The average molecular weight is 271 g/mol. The second-order valence-electron chi connectivity index (χ2n) is 4.23. The van der Waals surface area contributed by atoms with Gasteiger partial charge in [-0.25, -0.2) is 15.0 Å². The molecule has 0 unspecified atom stereocenters. The van der Waals surface area contributed by atoms with Gasteiger partial charge in [-0.1, -0.05) is 0 Å². The van der Waals surface area contributed by atoms with Crippen molar-refractivity contribution in [2.45, 2.75) is 13.5 Å². The van der Waals surface area contributed by atoms with Gasteiger partial charge in [-0.3, -0.25) is 0 Å². The monoisotopic (exact) mass is 271 g/mol. The maximum absolute atomic E-state index is 5.72. The van der Waals surface area contributed by atoms with Crippen molar-refractivity contribution >= 4 is 17.2 Å². The Balaban J connectivity index is 1.94. The van der Waals surface area contributed by atoms with Gasteiger partial charge in [0.2, 0.25) is 0 Å². The molecular weight excluding hydrogens is 258 g/mol. The largest absolute Gasteiger partial charge is 0.384 e. The van der Waals surface area contributed by atoms with Crippen LogP contribution in [-0.4, -0.2) is 19.5 Å². The van der Waals surface area contributed by atoms with Gasteiger partial charge in [-0.15, -0.1) is 11.3 Å². The first-order chi connectivity index (χ1) is 9.22. The third-order valence-electron chi connectivity index (χ3n) is 2.79. The predicted molar refractivity (Wildman–Crippen MR) is 75.8 cm³/mol. The van der Waals surface area contributed by atoms with E-state index >= 15 is 0 Å². The molecule has 2 N–H and O–H groups in total. The molecule has 0 amide bonds. The number of pyridine rings is 1. The molecule has 0 aliphatic heterocycles. The summed E-state index contributed by atoms with van der Waals surface area (Å²) < 4.78 is 2.06. The molecule has 19 heavy (non-hydrogen) atoms. The van der Waals surface area contributed by atoms with E-state index in [2.05, 4.69) is 24.9 Å². The van der Waals surface area contributed by atoms with Gasteiger partial charge in [-0.05, 0) is 19.1 Å². The number of nitrogen functional groups attached to an aromatic ring is 1. The van der Waals surface area contributed by atoms with E-state index < -0.39 is 0 Å². The SMILES string of the molecule is Cc1nc(Cn2cncc2-c2ccnc(N)c2)cs1. The zero-order chi connectivity index (χ0) is 13.2. The van der Waals surface area contributed by atoms with Crippen LogP contribution in [0.15, 0.2) is 36.2 Å². The molecule has 3 aromatic heterocycles. The number of hydrogen-bond donors (Lipinski definition) is 1. The normalized spacial score (nSPS) is 10.8. The molecule has 3 rings (SSSR count). The van der Waals surface area contributed by atoms with Crippen LogP contribution in [0.4, 0.5) is 5.82 Å². The van der Waals surface area contributed by atoms with Gasteiger partial charge in [0.25, 0.3) is 0 Å². The second kappa shape index (κ2) is 4.81. The number of aryl methyl sites for hydroxylation is 1. The van der Waals surface area contributed by atoms with Crippen molar-refractivity contribution in [1.29, 1.82) is 0 Å². The Morgan fingerprint density at radius 3 is 3.05 bits per heavy atom. The molecule has 0 spiro atoms. The van der Waals surface area contributed by atoms with Crippen molar-refractivity contribution < 1.29 is 0 Å². The predicted octanol–water partition coefficient (Wildman–Crippen LogP) is 2.34. The maximum Gasteiger partial charge on any atom is 0.123 e. The third kappa shape index (κ3) is 2.48. The second-order valence-corrected chi connectivity index (χ2v) is 5.30. The lowest BCUT2D eigenvalue weighted by Crippen LogP contribution is -2.01. The van der Waals surface area contributed by atoms with E-state index in [1.165, 1.54) is 0 Å². The van der Waals surface area contributed by atoms with E-state index in [-0.39, 0.29) is 0 Å². The highest BCUT2D eigenvalue weighted by Crippen LogP contribution is 2.21. The molecule has 3 heterocycles. The fraction of sp³-hybridized carbons (Fsp3) is 0.154. The van der Waals surface area contributed by atoms with Crippen LogP contribution in [0.3, 0.4) is 0 Å². The van der Waals surface area contributed by atoms with E-state index in [1.54, 1.807) is 23.9 Å². The zero-order valence-electron chi connectivity index (χ0n) is 10.4. The lowest BCUT2D eigenvalue weighted by molar-refractivity contribution is 0.783. The summed E-state index contributed by atoms with van der Waals surface area (Å²) in [5.41, 5.74) is 8.79. The summed E-state index contributed by atoms with van der Waals surface area (Å²) in [6.07, 6.45) is 5.34. The third-order valence-corrected chi connectivity index (χ3v) is 3.61. The highest BCUT2D eigenvalue weighted by Gasteiger charge is 2.07. The number of aromatic nitrogens is 4. The quantitative estimate of drug-likeness (QED) is 0.793. The van der Waals surface area contributed by atoms with Crippen molar-refractivity contribution in [1.82, 2.24) is 19.5 Å². The zero-order valence-corrected chi connectivity index (χ0v) is 11.3. The van der Waals surface area contributed by atoms with Gasteiger partial charge in [-0.2, -0.15) is 0 Å². The minimum Gasteiger partial charge on any atom is -0.384 e. The highest BCUT2D eigenvalue weighted by molar-refractivity contribution is 7.09. The molecule has 0 aliphatic rings. The average Bonchev–Trinajstić information content (AvgIpc) is 2.99. The Kier molecular flexibility index (Phi) is 3.00. The first-order valence-electron chi connectivity index (χ1n) is 5.85. The molecule has 0 radical (unpaired) electrons. The van der Waals surface area contributed by atoms with Gasteiger partial charge < -0.3 is 10.3 Å². The summed E-state index contributed by atoms with van der Waals surface area (Å²) in [6.45, 7) is 2.72. The molecule has 3 aromatic rings. The van der Waals surface area contributed by atoms with Gasteiger partial charge in [0, 0.05) is 17.1 Å². The summed E-state index contributed by atoms with van der Waals surface area (Å²) >= 11 is 1.66.